The van der Waals surface area contributed by atoms with Crippen LogP contribution >= 0.6 is 11.8 Å². The summed E-state index contributed by atoms with van der Waals surface area (Å²) in [5, 5.41) is 0. The molecular weight excluding hydrogens is 264 g/mol. The first-order valence-corrected chi connectivity index (χ1v) is 8.06. The van der Waals surface area contributed by atoms with Gasteiger partial charge in [-0.2, -0.15) is 0 Å². The first kappa shape index (κ1) is 15.0. The molecule has 0 aromatic heterocycles. The highest BCUT2D eigenvalue weighted by Crippen LogP contribution is 2.24. The lowest BCUT2D eigenvalue weighted by molar-refractivity contribution is 0.343. The smallest absolute Gasteiger partial charge is 0.119 e. The summed E-state index contributed by atoms with van der Waals surface area (Å²) >= 11 is 1.83. The summed E-state index contributed by atoms with van der Waals surface area (Å²) in [5.74, 6) is 2.51. The second-order valence-corrected chi connectivity index (χ2v) is 6.35. The summed E-state index contributed by atoms with van der Waals surface area (Å²) in [5.41, 5.74) is 2.71. The van der Waals surface area contributed by atoms with Crippen molar-refractivity contribution in [3.05, 3.63) is 59.7 Å². The monoisotopic (exact) mass is 286 g/mol. The Kier molecular flexibility index (Phi) is 5.54. The van der Waals surface area contributed by atoms with Crippen molar-refractivity contribution in [1.29, 1.82) is 0 Å². The second kappa shape index (κ2) is 7.39. The highest BCUT2D eigenvalue weighted by atomic mass is 32.2. The lowest BCUT2D eigenvalue weighted by Crippen LogP contribution is -2.01. The maximum atomic E-state index is 5.82. The van der Waals surface area contributed by atoms with Crippen LogP contribution in [-0.4, -0.2) is 12.4 Å². The molecule has 1 nitrogen and oxygen atoms in total. The maximum Gasteiger partial charge on any atom is 0.119 e. The van der Waals surface area contributed by atoms with E-state index in [1.165, 1.54) is 16.0 Å². The van der Waals surface area contributed by atoms with Crippen molar-refractivity contribution in [2.24, 2.45) is 0 Å². The molecule has 0 unspecified atom stereocenters. The van der Waals surface area contributed by atoms with Crippen molar-refractivity contribution in [2.75, 3.05) is 12.4 Å². The minimum atomic E-state index is 0.567. The van der Waals surface area contributed by atoms with Crippen LogP contribution in [0.5, 0.6) is 5.75 Å². The molecule has 0 aliphatic carbocycles. The minimum absolute atomic E-state index is 0.567. The van der Waals surface area contributed by atoms with Crippen molar-refractivity contribution in [3.63, 3.8) is 0 Å². The molecule has 106 valence electrons. The van der Waals surface area contributed by atoms with Gasteiger partial charge in [0.05, 0.1) is 6.61 Å². The first-order valence-electron chi connectivity index (χ1n) is 7.08. The lowest BCUT2D eigenvalue weighted by Gasteiger charge is -2.12. The standard InChI is InChI=1S/C18H22OS/c1-14(2)18-10-9-16(13-15(18)3)19-11-12-20-17-7-5-4-6-8-17/h4-10,13-14H,11-12H2,1-3H3. The van der Waals surface area contributed by atoms with E-state index in [9.17, 15) is 0 Å². The molecule has 0 radical (unpaired) electrons. The molecule has 0 saturated carbocycles. The Bertz CT molecular complexity index is 534. The van der Waals surface area contributed by atoms with Gasteiger partial charge >= 0.3 is 0 Å². The third kappa shape index (κ3) is 4.31. The lowest BCUT2D eigenvalue weighted by atomic mass is 9.98. The number of ether oxygens (including phenoxy) is 1. The quantitative estimate of drug-likeness (QED) is 0.527. The Morgan fingerprint density at radius 1 is 1.05 bits per heavy atom. The van der Waals surface area contributed by atoms with E-state index in [0.29, 0.717) is 5.92 Å². The number of hydrogen-bond donors (Lipinski definition) is 0. The van der Waals surface area contributed by atoms with Crippen LogP contribution < -0.4 is 4.74 Å². The third-order valence-corrected chi connectivity index (χ3v) is 4.20. The molecule has 20 heavy (non-hydrogen) atoms. The molecular formula is C18H22OS. The summed E-state index contributed by atoms with van der Waals surface area (Å²) in [6.07, 6.45) is 0. The molecule has 0 heterocycles. The zero-order valence-corrected chi connectivity index (χ0v) is 13.2. The van der Waals surface area contributed by atoms with Crippen LogP contribution in [0, 0.1) is 6.92 Å². The van der Waals surface area contributed by atoms with Gasteiger partial charge in [0.1, 0.15) is 5.75 Å². The molecule has 0 amide bonds. The number of rotatable bonds is 6. The van der Waals surface area contributed by atoms with Crippen LogP contribution in [0.3, 0.4) is 0 Å². The molecule has 2 aromatic rings. The van der Waals surface area contributed by atoms with Crippen LogP contribution in [0.2, 0.25) is 0 Å². The SMILES string of the molecule is Cc1cc(OCCSc2ccccc2)ccc1C(C)C. The number of hydrogen-bond acceptors (Lipinski definition) is 2. The van der Waals surface area contributed by atoms with E-state index in [-0.39, 0.29) is 0 Å². The molecule has 0 atom stereocenters. The Balaban J connectivity index is 1.81. The van der Waals surface area contributed by atoms with Gasteiger partial charge in [-0.05, 0) is 48.2 Å². The fraction of sp³-hybridized carbons (Fsp3) is 0.333. The van der Waals surface area contributed by atoms with Gasteiger partial charge in [-0.15, -0.1) is 11.8 Å². The normalized spacial score (nSPS) is 10.8. The van der Waals surface area contributed by atoms with Gasteiger partial charge in [0, 0.05) is 10.6 Å². The van der Waals surface area contributed by atoms with Crippen molar-refractivity contribution < 1.29 is 4.74 Å². The highest BCUT2D eigenvalue weighted by Gasteiger charge is 2.04. The van der Waals surface area contributed by atoms with Gasteiger partial charge in [-0.3, -0.25) is 0 Å². The van der Waals surface area contributed by atoms with Crippen molar-refractivity contribution in [2.45, 2.75) is 31.6 Å². The molecule has 2 aromatic carbocycles. The summed E-state index contributed by atoms with van der Waals surface area (Å²) in [6.45, 7) is 7.33. The molecule has 2 heteroatoms. The Labute approximate surface area is 126 Å². The number of benzene rings is 2. The molecule has 0 spiro atoms. The number of thioether (sulfide) groups is 1. The molecule has 0 fully saturated rings. The van der Waals surface area contributed by atoms with Crippen LogP contribution in [0.15, 0.2) is 53.4 Å². The average Bonchev–Trinajstić information content (AvgIpc) is 2.44. The fourth-order valence-corrected chi connectivity index (χ4v) is 2.97. The van der Waals surface area contributed by atoms with E-state index in [1.54, 1.807) is 0 Å². The van der Waals surface area contributed by atoms with E-state index >= 15 is 0 Å². The zero-order valence-electron chi connectivity index (χ0n) is 12.4. The third-order valence-electron chi connectivity index (χ3n) is 3.23. The molecule has 2 rings (SSSR count). The fourth-order valence-electron chi connectivity index (χ4n) is 2.22. The Hall–Kier alpha value is -1.41. The summed E-state index contributed by atoms with van der Waals surface area (Å²) in [7, 11) is 0. The molecule has 0 saturated heterocycles. The van der Waals surface area contributed by atoms with Crippen LogP contribution in [0.1, 0.15) is 30.9 Å². The van der Waals surface area contributed by atoms with Crippen molar-refractivity contribution in [1.82, 2.24) is 0 Å². The number of aryl methyl sites for hydroxylation is 1. The van der Waals surface area contributed by atoms with Gasteiger partial charge in [-0.1, -0.05) is 38.1 Å². The molecule has 0 N–H and O–H groups in total. The van der Waals surface area contributed by atoms with Crippen LogP contribution in [0.25, 0.3) is 0 Å². The molecule has 0 bridgehead atoms. The summed E-state index contributed by atoms with van der Waals surface area (Å²) in [4.78, 5) is 1.29. The van der Waals surface area contributed by atoms with Crippen molar-refractivity contribution in [3.8, 4) is 5.75 Å². The molecule has 0 aliphatic rings. The van der Waals surface area contributed by atoms with Gasteiger partial charge in [0.2, 0.25) is 0 Å². The van der Waals surface area contributed by atoms with E-state index in [1.807, 2.05) is 17.8 Å². The zero-order chi connectivity index (χ0) is 14.4. The van der Waals surface area contributed by atoms with E-state index < -0.39 is 0 Å². The van der Waals surface area contributed by atoms with Crippen LogP contribution in [0.4, 0.5) is 0 Å². The van der Waals surface area contributed by atoms with E-state index in [4.69, 9.17) is 4.74 Å². The average molecular weight is 286 g/mol. The Morgan fingerprint density at radius 2 is 1.80 bits per heavy atom. The van der Waals surface area contributed by atoms with Crippen molar-refractivity contribution >= 4 is 11.8 Å². The maximum absolute atomic E-state index is 5.82. The van der Waals surface area contributed by atoms with Gasteiger partial charge in [0.25, 0.3) is 0 Å². The molecule has 0 aliphatic heterocycles. The second-order valence-electron chi connectivity index (χ2n) is 5.18. The Morgan fingerprint density at radius 3 is 2.45 bits per heavy atom. The van der Waals surface area contributed by atoms with Gasteiger partial charge in [-0.25, -0.2) is 0 Å². The predicted octanol–water partition coefficient (Wildman–Crippen LogP) is 5.29. The van der Waals surface area contributed by atoms with Gasteiger partial charge in [0.15, 0.2) is 0 Å². The predicted molar refractivity (Wildman–Crippen MR) is 87.9 cm³/mol. The minimum Gasteiger partial charge on any atom is -0.493 e. The first-order chi connectivity index (χ1) is 9.66. The van der Waals surface area contributed by atoms with E-state index in [2.05, 4.69) is 63.2 Å². The highest BCUT2D eigenvalue weighted by molar-refractivity contribution is 7.99. The van der Waals surface area contributed by atoms with Gasteiger partial charge < -0.3 is 4.74 Å². The van der Waals surface area contributed by atoms with Crippen LogP contribution in [-0.2, 0) is 0 Å². The summed E-state index contributed by atoms with van der Waals surface area (Å²) in [6, 6.07) is 16.8. The van der Waals surface area contributed by atoms with E-state index in [0.717, 1.165) is 18.1 Å². The topological polar surface area (TPSA) is 9.23 Å². The largest absolute Gasteiger partial charge is 0.493 e. The summed E-state index contributed by atoms with van der Waals surface area (Å²) < 4.78 is 5.82.